The Balaban J connectivity index is 2.27. The number of hydrogen-bond donors (Lipinski definition) is 1. The molecule has 2 heterocycles. The maximum atomic E-state index is 12.5. The lowest BCUT2D eigenvalue weighted by atomic mass is 10.1. The van der Waals surface area contributed by atoms with Crippen LogP contribution in [0.3, 0.4) is 0 Å². The van der Waals surface area contributed by atoms with E-state index in [9.17, 15) is 9.59 Å². The number of carboxylic acid groups (broad SMARTS) is 1. The molecular weight excluding hydrogens is 294 g/mol. The van der Waals surface area contributed by atoms with Crippen molar-refractivity contribution < 1.29 is 9.90 Å². The van der Waals surface area contributed by atoms with Gasteiger partial charge < -0.3 is 5.11 Å². The predicted molar refractivity (Wildman–Crippen MR) is 86.6 cm³/mol. The van der Waals surface area contributed by atoms with Crippen molar-refractivity contribution in [2.45, 2.75) is 26.3 Å². The van der Waals surface area contributed by atoms with Gasteiger partial charge >= 0.3 is 5.97 Å². The first kappa shape index (κ1) is 15.0. The van der Waals surface area contributed by atoms with Gasteiger partial charge in [-0.3, -0.25) is 14.0 Å². The van der Waals surface area contributed by atoms with Crippen LogP contribution in [0, 0.1) is 0 Å². The third-order valence-corrected chi connectivity index (χ3v) is 3.65. The molecule has 0 fully saturated rings. The minimum atomic E-state index is -1.09. The van der Waals surface area contributed by atoms with Crippen LogP contribution in [0.2, 0.25) is 0 Å². The molecule has 0 aliphatic carbocycles. The molecule has 6 heteroatoms. The van der Waals surface area contributed by atoms with Crippen LogP contribution in [-0.2, 0) is 11.3 Å². The average molecular weight is 311 g/mol. The lowest BCUT2D eigenvalue weighted by Crippen LogP contribution is -2.30. The zero-order valence-electron chi connectivity index (χ0n) is 12.9. The monoisotopic (exact) mass is 311 g/mol. The fourth-order valence-electron chi connectivity index (χ4n) is 2.58. The third kappa shape index (κ3) is 2.75. The van der Waals surface area contributed by atoms with Crippen LogP contribution in [0.15, 0.2) is 47.4 Å². The van der Waals surface area contributed by atoms with Crippen LogP contribution >= 0.6 is 0 Å². The van der Waals surface area contributed by atoms with E-state index in [0.717, 1.165) is 15.8 Å². The van der Waals surface area contributed by atoms with E-state index in [1.165, 1.54) is 0 Å². The Kier molecular flexibility index (Phi) is 3.73. The molecule has 0 atom stereocenters. The smallest absolute Gasteiger partial charge is 0.325 e. The molecule has 118 valence electrons. The van der Waals surface area contributed by atoms with Crippen molar-refractivity contribution in [2.75, 3.05) is 0 Å². The summed E-state index contributed by atoms with van der Waals surface area (Å²) in [7, 11) is 0. The van der Waals surface area contributed by atoms with E-state index in [0.29, 0.717) is 11.3 Å². The Hall–Kier alpha value is -2.89. The van der Waals surface area contributed by atoms with E-state index in [4.69, 9.17) is 5.11 Å². The Morgan fingerprint density at radius 1 is 1.22 bits per heavy atom. The van der Waals surface area contributed by atoms with Gasteiger partial charge in [-0.15, -0.1) is 0 Å². The van der Waals surface area contributed by atoms with Crippen molar-refractivity contribution in [1.29, 1.82) is 0 Å². The fraction of sp³-hybridized carbons (Fsp3) is 0.235. The van der Waals surface area contributed by atoms with Gasteiger partial charge in [-0.1, -0.05) is 44.2 Å². The van der Waals surface area contributed by atoms with Crippen LogP contribution in [0.1, 0.15) is 25.6 Å². The molecule has 2 aromatic heterocycles. The number of hydrogen-bond acceptors (Lipinski definition) is 3. The molecule has 6 nitrogen and oxygen atoms in total. The van der Waals surface area contributed by atoms with Crippen LogP contribution in [-0.4, -0.2) is 25.3 Å². The van der Waals surface area contributed by atoms with Gasteiger partial charge in [0.05, 0.1) is 0 Å². The summed E-state index contributed by atoms with van der Waals surface area (Å²) in [5.41, 5.74) is 1.93. The largest absolute Gasteiger partial charge is 0.480 e. The first-order valence-corrected chi connectivity index (χ1v) is 7.37. The van der Waals surface area contributed by atoms with Crippen molar-refractivity contribution in [3.05, 3.63) is 58.8 Å². The van der Waals surface area contributed by atoms with E-state index in [1.54, 1.807) is 10.5 Å². The highest BCUT2D eigenvalue weighted by Crippen LogP contribution is 2.23. The Labute approximate surface area is 132 Å². The lowest BCUT2D eigenvalue weighted by Gasteiger charge is -2.11. The normalized spacial score (nSPS) is 11.3. The molecule has 0 bridgehead atoms. The molecule has 0 spiro atoms. The zero-order valence-corrected chi connectivity index (χ0v) is 12.9. The number of carboxylic acids is 1. The summed E-state index contributed by atoms with van der Waals surface area (Å²) in [5.74, 6) is -0.384. The first-order valence-electron chi connectivity index (χ1n) is 7.37. The number of carbonyl (C=O) groups is 1. The summed E-state index contributed by atoms with van der Waals surface area (Å²) in [4.78, 5) is 23.5. The summed E-state index contributed by atoms with van der Waals surface area (Å²) in [6.07, 6.45) is 1.87. The van der Waals surface area contributed by atoms with Crippen molar-refractivity contribution in [3.63, 3.8) is 0 Å². The lowest BCUT2D eigenvalue weighted by molar-refractivity contribution is -0.138. The van der Waals surface area contributed by atoms with Gasteiger partial charge in [0.1, 0.15) is 17.9 Å². The molecule has 3 rings (SSSR count). The highest BCUT2D eigenvalue weighted by Gasteiger charge is 2.16. The van der Waals surface area contributed by atoms with Gasteiger partial charge in [-0.25, -0.2) is 4.68 Å². The van der Waals surface area contributed by atoms with Crippen molar-refractivity contribution in [2.24, 2.45) is 0 Å². The Bertz CT molecular complexity index is 923. The quantitative estimate of drug-likeness (QED) is 0.802. The van der Waals surface area contributed by atoms with Crippen LogP contribution in [0.25, 0.3) is 16.6 Å². The van der Waals surface area contributed by atoms with Gasteiger partial charge in [0.25, 0.3) is 5.56 Å². The first-order chi connectivity index (χ1) is 11.0. The van der Waals surface area contributed by atoms with Gasteiger partial charge in [-0.2, -0.15) is 5.10 Å². The minimum Gasteiger partial charge on any atom is -0.480 e. The maximum absolute atomic E-state index is 12.5. The summed E-state index contributed by atoms with van der Waals surface area (Å²) < 4.78 is 2.77. The van der Waals surface area contributed by atoms with Gasteiger partial charge in [0.2, 0.25) is 0 Å². The topological polar surface area (TPSA) is 76.6 Å². The van der Waals surface area contributed by atoms with E-state index >= 15 is 0 Å². The molecular formula is C17H17N3O3. The van der Waals surface area contributed by atoms with E-state index < -0.39 is 18.1 Å². The molecule has 0 saturated heterocycles. The van der Waals surface area contributed by atoms with Crippen molar-refractivity contribution in [3.8, 4) is 11.1 Å². The molecule has 3 aromatic rings. The molecule has 0 amide bonds. The van der Waals surface area contributed by atoms with E-state index in [1.807, 2.05) is 50.4 Å². The third-order valence-electron chi connectivity index (χ3n) is 3.65. The van der Waals surface area contributed by atoms with Crippen LogP contribution in [0.4, 0.5) is 0 Å². The number of fused-ring (bicyclic) bond motifs is 1. The van der Waals surface area contributed by atoms with Gasteiger partial charge in [0, 0.05) is 17.7 Å². The Morgan fingerprint density at radius 2 is 1.91 bits per heavy atom. The second-order valence-corrected chi connectivity index (χ2v) is 5.72. The van der Waals surface area contributed by atoms with Crippen LogP contribution in [0.5, 0.6) is 0 Å². The summed E-state index contributed by atoms with van der Waals surface area (Å²) >= 11 is 0. The zero-order chi connectivity index (χ0) is 16.6. The summed E-state index contributed by atoms with van der Waals surface area (Å²) in [6, 6.07) is 11.5. The van der Waals surface area contributed by atoms with Gasteiger partial charge in [-0.05, 0) is 11.6 Å². The Morgan fingerprint density at radius 3 is 2.52 bits per heavy atom. The summed E-state index contributed by atoms with van der Waals surface area (Å²) in [6.45, 7) is 3.47. The predicted octanol–water partition coefficient (Wildman–Crippen LogP) is 2.37. The van der Waals surface area contributed by atoms with Crippen LogP contribution < -0.4 is 5.56 Å². The van der Waals surface area contributed by atoms with Gasteiger partial charge in [0.15, 0.2) is 0 Å². The number of benzene rings is 1. The minimum absolute atomic E-state index is 0.0502. The highest BCUT2D eigenvalue weighted by molar-refractivity contribution is 5.70. The second-order valence-electron chi connectivity index (χ2n) is 5.72. The second kappa shape index (κ2) is 5.72. The van der Waals surface area contributed by atoms with Crippen molar-refractivity contribution >= 4 is 11.5 Å². The molecule has 23 heavy (non-hydrogen) atoms. The number of aromatic nitrogens is 3. The van der Waals surface area contributed by atoms with Crippen molar-refractivity contribution in [1.82, 2.24) is 14.2 Å². The highest BCUT2D eigenvalue weighted by atomic mass is 16.4. The number of nitrogens with zero attached hydrogens (tertiary/aromatic N) is 3. The fourth-order valence-corrected chi connectivity index (χ4v) is 2.58. The SMILES string of the molecule is CC(C)c1nn(CC(=O)O)c(=O)c2cc(-c3ccccc3)cn12. The maximum Gasteiger partial charge on any atom is 0.325 e. The van der Waals surface area contributed by atoms with E-state index in [-0.39, 0.29) is 5.92 Å². The molecule has 0 aliphatic heterocycles. The average Bonchev–Trinajstić information content (AvgIpc) is 2.96. The number of aliphatic carboxylic acids is 1. The molecule has 0 radical (unpaired) electrons. The summed E-state index contributed by atoms with van der Waals surface area (Å²) in [5, 5.41) is 13.2. The number of rotatable bonds is 4. The molecule has 0 aliphatic rings. The molecule has 0 saturated carbocycles. The molecule has 1 aromatic carbocycles. The molecule has 0 unspecified atom stereocenters. The standard InChI is InChI=1S/C17H17N3O3/c1-11(2)16-18-20(10-15(21)22)17(23)14-8-13(9-19(14)16)12-6-4-3-5-7-12/h3-9,11H,10H2,1-2H3,(H,21,22). The van der Waals surface area contributed by atoms with E-state index in [2.05, 4.69) is 5.10 Å². The molecule has 1 N–H and O–H groups in total.